The van der Waals surface area contributed by atoms with E-state index in [9.17, 15) is 13.2 Å². The first-order valence-corrected chi connectivity index (χ1v) is 9.52. The smallest absolute Gasteiger partial charge is 0.240 e. The van der Waals surface area contributed by atoms with Crippen LogP contribution in [-0.2, 0) is 14.6 Å². The highest BCUT2D eigenvalue weighted by Gasteiger charge is 2.37. The van der Waals surface area contributed by atoms with Gasteiger partial charge >= 0.3 is 0 Å². The lowest BCUT2D eigenvalue weighted by Gasteiger charge is -2.36. The molecule has 1 heterocycles. The minimum atomic E-state index is -3.25. The molecule has 0 radical (unpaired) electrons. The quantitative estimate of drug-likeness (QED) is 0.808. The maximum absolute atomic E-state index is 12.3. The van der Waals surface area contributed by atoms with Crippen molar-refractivity contribution in [1.29, 1.82) is 0 Å². The highest BCUT2D eigenvalue weighted by atomic mass is 32.2. The molecule has 1 fully saturated rings. The summed E-state index contributed by atoms with van der Waals surface area (Å²) >= 11 is 1.58. The Morgan fingerprint density at radius 2 is 2.11 bits per heavy atom. The van der Waals surface area contributed by atoms with Gasteiger partial charge in [-0.15, -0.1) is 0 Å². The Kier molecular flexibility index (Phi) is 6.14. The predicted octanol–water partition coefficient (Wildman–Crippen LogP) is 0.696. The monoisotopic (exact) mass is 308 g/mol. The predicted molar refractivity (Wildman–Crippen MR) is 79.7 cm³/mol. The molecule has 0 aliphatic carbocycles. The highest BCUT2D eigenvalue weighted by molar-refractivity contribution is 8.01. The molecule has 2 atom stereocenters. The van der Waals surface area contributed by atoms with E-state index in [-0.39, 0.29) is 11.7 Å². The summed E-state index contributed by atoms with van der Waals surface area (Å²) < 4.78 is 24.1. The van der Waals surface area contributed by atoms with E-state index in [1.165, 1.54) is 4.90 Å². The number of amides is 1. The third kappa shape index (κ3) is 4.36. The molecule has 1 aliphatic rings. The second-order valence-corrected chi connectivity index (χ2v) is 8.85. The topological polar surface area (TPSA) is 80.5 Å². The van der Waals surface area contributed by atoms with E-state index in [4.69, 9.17) is 5.73 Å². The Bertz CT molecular complexity index is 409. The van der Waals surface area contributed by atoms with E-state index < -0.39 is 21.3 Å². The minimum absolute atomic E-state index is 0.0570. The Morgan fingerprint density at radius 1 is 1.47 bits per heavy atom. The Balaban J connectivity index is 2.85. The third-order valence-electron chi connectivity index (χ3n) is 3.23. The molecule has 0 aromatic rings. The summed E-state index contributed by atoms with van der Waals surface area (Å²) in [6.45, 7) is 6.09. The van der Waals surface area contributed by atoms with E-state index in [1.807, 2.05) is 13.8 Å². The normalized spacial score (nSPS) is 22.6. The van der Waals surface area contributed by atoms with Crippen molar-refractivity contribution in [3.8, 4) is 0 Å². The van der Waals surface area contributed by atoms with Crippen LogP contribution in [0, 0.1) is 5.92 Å². The Hall–Kier alpha value is -0.270. The maximum Gasteiger partial charge on any atom is 0.240 e. The van der Waals surface area contributed by atoms with Gasteiger partial charge in [0.25, 0.3) is 0 Å². The molecule has 0 saturated carbocycles. The first-order valence-electron chi connectivity index (χ1n) is 6.65. The fourth-order valence-electron chi connectivity index (χ4n) is 2.14. The average molecular weight is 308 g/mol. The van der Waals surface area contributed by atoms with Gasteiger partial charge in [-0.25, -0.2) is 8.42 Å². The lowest BCUT2D eigenvalue weighted by Crippen LogP contribution is -2.55. The molecule has 0 bridgehead atoms. The summed E-state index contributed by atoms with van der Waals surface area (Å²) in [5, 5.41) is -0.707. The van der Waals surface area contributed by atoms with Crippen LogP contribution in [0.4, 0.5) is 0 Å². The van der Waals surface area contributed by atoms with Crippen LogP contribution in [0.2, 0.25) is 0 Å². The molecule has 19 heavy (non-hydrogen) atoms. The number of nitrogens with two attached hydrogens (primary N) is 1. The summed E-state index contributed by atoms with van der Waals surface area (Å²) in [6, 6.07) is -0.599. The lowest BCUT2D eigenvalue weighted by atomic mass is 10.0. The summed E-state index contributed by atoms with van der Waals surface area (Å²) in [7, 11) is -3.25. The zero-order valence-corrected chi connectivity index (χ0v) is 13.5. The fraction of sp³-hybridized carbons (Fsp3) is 0.917. The zero-order valence-electron chi connectivity index (χ0n) is 11.8. The second kappa shape index (κ2) is 6.95. The van der Waals surface area contributed by atoms with Crippen molar-refractivity contribution >= 4 is 27.5 Å². The number of rotatable bonds is 5. The van der Waals surface area contributed by atoms with E-state index >= 15 is 0 Å². The molecular formula is C12H24N2O3S2. The van der Waals surface area contributed by atoms with Gasteiger partial charge in [0.1, 0.15) is 5.37 Å². The molecule has 0 spiro atoms. The van der Waals surface area contributed by atoms with E-state index in [1.54, 1.807) is 18.7 Å². The summed E-state index contributed by atoms with van der Waals surface area (Å²) in [6.07, 6.45) is 0.585. The maximum atomic E-state index is 12.3. The van der Waals surface area contributed by atoms with Gasteiger partial charge in [-0.2, -0.15) is 11.8 Å². The summed E-state index contributed by atoms with van der Waals surface area (Å²) in [5.74, 6) is 1.38. The number of thioether (sulfide) groups is 1. The molecule has 1 unspecified atom stereocenters. The number of nitrogens with zero attached hydrogens (tertiary/aromatic N) is 1. The SMILES string of the molecule is CCS(=O)(=O)C1CSCCN1C(=O)[C@@H](N)CC(C)C. The van der Waals surface area contributed by atoms with Crippen LogP contribution in [0.3, 0.4) is 0 Å². The van der Waals surface area contributed by atoms with E-state index in [0.717, 1.165) is 5.75 Å². The molecule has 7 heteroatoms. The van der Waals surface area contributed by atoms with Crippen molar-refractivity contribution < 1.29 is 13.2 Å². The van der Waals surface area contributed by atoms with Crippen LogP contribution in [0.5, 0.6) is 0 Å². The molecule has 1 amide bonds. The van der Waals surface area contributed by atoms with Crippen LogP contribution in [0.1, 0.15) is 27.2 Å². The van der Waals surface area contributed by atoms with Crippen molar-refractivity contribution in [1.82, 2.24) is 4.90 Å². The van der Waals surface area contributed by atoms with Gasteiger partial charge in [0.2, 0.25) is 5.91 Å². The standard InChI is InChI=1S/C12H24N2O3S2/c1-4-19(16,17)11-8-18-6-5-14(11)12(15)10(13)7-9(2)3/h9-11H,4-8,13H2,1-3H3/t10-,11?/m0/s1. The molecule has 0 aromatic carbocycles. The minimum Gasteiger partial charge on any atom is -0.323 e. The largest absolute Gasteiger partial charge is 0.323 e. The molecule has 1 aliphatic heterocycles. The van der Waals surface area contributed by atoms with Crippen LogP contribution in [-0.4, -0.2) is 54.4 Å². The number of sulfone groups is 1. The van der Waals surface area contributed by atoms with Gasteiger partial charge in [0, 0.05) is 23.8 Å². The number of hydrogen-bond acceptors (Lipinski definition) is 5. The summed E-state index contributed by atoms with van der Waals surface area (Å²) in [5.41, 5.74) is 5.90. The fourth-order valence-corrected chi connectivity index (χ4v) is 5.12. The Labute approximate surface area is 120 Å². The van der Waals surface area contributed by atoms with Gasteiger partial charge in [-0.3, -0.25) is 4.79 Å². The first-order chi connectivity index (χ1) is 8.79. The van der Waals surface area contributed by atoms with E-state index in [2.05, 4.69) is 0 Å². The van der Waals surface area contributed by atoms with Crippen molar-refractivity contribution in [3.05, 3.63) is 0 Å². The van der Waals surface area contributed by atoms with Gasteiger partial charge in [0.05, 0.1) is 6.04 Å². The number of carbonyl (C=O) groups is 1. The lowest BCUT2D eigenvalue weighted by molar-refractivity contribution is -0.133. The van der Waals surface area contributed by atoms with Gasteiger partial charge in [-0.05, 0) is 12.3 Å². The highest BCUT2D eigenvalue weighted by Crippen LogP contribution is 2.22. The van der Waals surface area contributed by atoms with E-state index in [0.29, 0.717) is 24.6 Å². The molecule has 1 saturated heterocycles. The van der Waals surface area contributed by atoms with Crippen molar-refractivity contribution in [2.24, 2.45) is 11.7 Å². The van der Waals surface area contributed by atoms with Gasteiger partial charge < -0.3 is 10.6 Å². The molecule has 1 rings (SSSR count). The summed E-state index contributed by atoms with van der Waals surface area (Å²) in [4.78, 5) is 13.8. The number of carbonyl (C=O) groups excluding carboxylic acids is 1. The molecule has 0 aromatic heterocycles. The third-order valence-corrected chi connectivity index (χ3v) is 6.52. The van der Waals surface area contributed by atoms with Gasteiger partial charge in [0.15, 0.2) is 9.84 Å². The van der Waals surface area contributed by atoms with Crippen LogP contribution >= 0.6 is 11.8 Å². The van der Waals surface area contributed by atoms with Crippen LogP contribution < -0.4 is 5.73 Å². The Morgan fingerprint density at radius 3 is 2.63 bits per heavy atom. The number of hydrogen-bond donors (Lipinski definition) is 1. The van der Waals surface area contributed by atoms with Crippen molar-refractivity contribution in [2.45, 2.75) is 38.6 Å². The molecule has 5 nitrogen and oxygen atoms in total. The van der Waals surface area contributed by atoms with Crippen molar-refractivity contribution in [3.63, 3.8) is 0 Å². The second-order valence-electron chi connectivity index (χ2n) is 5.25. The molecule has 112 valence electrons. The van der Waals surface area contributed by atoms with Crippen molar-refractivity contribution in [2.75, 3.05) is 23.8 Å². The van der Waals surface area contributed by atoms with Crippen LogP contribution in [0.25, 0.3) is 0 Å². The van der Waals surface area contributed by atoms with Crippen LogP contribution in [0.15, 0.2) is 0 Å². The molecule has 2 N–H and O–H groups in total. The van der Waals surface area contributed by atoms with Gasteiger partial charge in [-0.1, -0.05) is 20.8 Å². The zero-order chi connectivity index (χ0) is 14.6. The average Bonchev–Trinajstić information content (AvgIpc) is 2.37. The first kappa shape index (κ1) is 16.8. The molecular weight excluding hydrogens is 284 g/mol.